The summed E-state index contributed by atoms with van der Waals surface area (Å²) in [5.41, 5.74) is 1.40. The second kappa shape index (κ2) is 5.96. The van der Waals surface area contributed by atoms with E-state index in [0.717, 1.165) is 11.1 Å². The molecule has 1 aliphatic carbocycles. The Labute approximate surface area is 123 Å². The number of carbonyl (C=O) groups is 2. The van der Waals surface area contributed by atoms with Crippen molar-refractivity contribution in [2.75, 3.05) is 14.2 Å². The van der Waals surface area contributed by atoms with E-state index in [0.29, 0.717) is 24.8 Å². The van der Waals surface area contributed by atoms with Crippen molar-refractivity contribution in [1.29, 1.82) is 5.26 Å². The lowest BCUT2D eigenvalue weighted by Gasteiger charge is -2.34. The van der Waals surface area contributed by atoms with Gasteiger partial charge >= 0.3 is 11.9 Å². The molecular formula is C16H17NO4. The molecule has 0 N–H and O–H groups in total. The summed E-state index contributed by atoms with van der Waals surface area (Å²) in [5, 5.41) is 9.05. The monoisotopic (exact) mass is 287 g/mol. The fourth-order valence-corrected chi connectivity index (χ4v) is 2.94. The minimum atomic E-state index is -0.874. The van der Waals surface area contributed by atoms with Crippen LogP contribution < -0.4 is 0 Å². The lowest BCUT2D eigenvalue weighted by atomic mass is 9.69. The Morgan fingerprint density at radius 2 is 2.10 bits per heavy atom. The highest BCUT2D eigenvalue weighted by molar-refractivity contribution is 5.92. The third-order valence-electron chi connectivity index (χ3n) is 4.10. The molecule has 5 heteroatoms. The van der Waals surface area contributed by atoms with E-state index in [2.05, 4.69) is 6.07 Å². The van der Waals surface area contributed by atoms with Gasteiger partial charge in [0, 0.05) is 0 Å². The SMILES string of the molecule is COC(=O)c1cccc2c1CC(CC#N)(C(=O)OC)CC2. The van der Waals surface area contributed by atoms with E-state index >= 15 is 0 Å². The molecule has 1 unspecified atom stereocenters. The Morgan fingerprint density at radius 1 is 1.33 bits per heavy atom. The van der Waals surface area contributed by atoms with Gasteiger partial charge in [-0.3, -0.25) is 4.79 Å². The molecule has 0 heterocycles. The molecule has 0 saturated carbocycles. The molecule has 0 spiro atoms. The fourth-order valence-electron chi connectivity index (χ4n) is 2.94. The molecule has 1 aromatic carbocycles. The van der Waals surface area contributed by atoms with Crippen LogP contribution in [0.5, 0.6) is 0 Å². The van der Waals surface area contributed by atoms with Crippen molar-refractivity contribution < 1.29 is 19.1 Å². The van der Waals surface area contributed by atoms with Crippen molar-refractivity contribution in [3.8, 4) is 6.07 Å². The van der Waals surface area contributed by atoms with Gasteiger partial charge in [-0.1, -0.05) is 12.1 Å². The number of aryl methyl sites for hydroxylation is 1. The van der Waals surface area contributed by atoms with Crippen LogP contribution in [-0.2, 0) is 27.1 Å². The van der Waals surface area contributed by atoms with Crippen LogP contribution in [0.15, 0.2) is 18.2 Å². The zero-order chi connectivity index (χ0) is 15.5. The summed E-state index contributed by atoms with van der Waals surface area (Å²) < 4.78 is 9.68. The van der Waals surface area contributed by atoms with E-state index in [-0.39, 0.29) is 6.42 Å². The molecule has 0 aromatic heterocycles. The van der Waals surface area contributed by atoms with Crippen LogP contribution in [0.2, 0.25) is 0 Å². The Balaban J connectivity index is 2.48. The summed E-state index contributed by atoms with van der Waals surface area (Å²) in [6.45, 7) is 0. The first-order valence-electron chi connectivity index (χ1n) is 6.72. The highest BCUT2D eigenvalue weighted by atomic mass is 16.5. The lowest BCUT2D eigenvalue weighted by molar-refractivity contribution is -0.153. The van der Waals surface area contributed by atoms with E-state index in [4.69, 9.17) is 14.7 Å². The fraction of sp³-hybridized carbons (Fsp3) is 0.438. The van der Waals surface area contributed by atoms with Crippen molar-refractivity contribution in [1.82, 2.24) is 0 Å². The van der Waals surface area contributed by atoms with Crippen molar-refractivity contribution in [2.24, 2.45) is 5.41 Å². The molecule has 21 heavy (non-hydrogen) atoms. The van der Waals surface area contributed by atoms with Gasteiger partial charge in [-0.15, -0.1) is 0 Å². The van der Waals surface area contributed by atoms with Gasteiger partial charge in [0.2, 0.25) is 0 Å². The summed E-state index contributed by atoms with van der Waals surface area (Å²) in [5.74, 6) is -0.821. The number of nitriles is 1. The minimum absolute atomic E-state index is 0.0780. The van der Waals surface area contributed by atoms with Gasteiger partial charge in [-0.05, 0) is 36.5 Å². The highest BCUT2D eigenvalue weighted by Crippen LogP contribution is 2.40. The second-order valence-electron chi connectivity index (χ2n) is 5.22. The van der Waals surface area contributed by atoms with Gasteiger partial charge < -0.3 is 9.47 Å². The van der Waals surface area contributed by atoms with Gasteiger partial charge in [-0.25, -0.2) is 4.79 Å². The number of ether oxygens (including phenoxy) is 2. The molecule has 110 valence electrons. The molecule has 1 atom stereocenters. The van der Waals surface area contributed by atoms with Crippen LogP contribution in [0.3, 0.4) is 0 Å². The number of benzene rings is 1. The van der Waals surface area contributed by atoms with E-state index in [1.807, 2.05) is 6.07 Å². The van der Waals surface area contributed by atoms with Gasteiger partial charge in [0.25, 0.3) is 0 Å². The molecular weight excluding hydrogens is 270 g/mol. The predicted molar refractivity (Wildman–Crippen MR) is 74.5 cm³/mol. The molecule has 2 rings (SSSR count). The van der Waals surface area contributed by atoms with Crippen molar-refractivity contribution in [2.45, 2.75) is 25.7 Å². The van der Waals surface area contributed by atoms with Crippen LogP contribution in [0.1, 0.15) is 34.3 Å². The Kier molecular flexibility index (Phi) is 4.27. The third-order valence-corrected chi connectivity index (χ3v) is 4.10. The van der Waals surface area contributed by atoms with Crippen molar-refractivity contribution in [3.63, 3.8) is 0 Å². The van der Waals surface area contributed by atoms with E-state index < -0.39 is 17.4 Å². The number of carbonyl (C=O) groups excluding carboxylic acids is 2. The van der Waals surface area contributed by atoms with Gasteiger partial charge in [0.15, 0.2) is 0 Å². The van der Waals surface area contributed by atoms with E-state index in [1.54, 1.807) is 12.1 Å². The maximum atomic E-state index is 12.1. The average Bonchev–Trinajstić information content (AvgIpc) is 2.52. The van der Waals surface area contributed by atoms with E-state index in [1.165, 1.54) is 14.2 Å². The molecule has 0 amide bonds. The molecule has 0 bridgehead atoms. The quantitative estimate of drug-likeness (QED) is 0.795. The summed E-state index contributed by atoms with van der Waals surface area (Å²) in [7, 11) is 2.65. The smallest absolute Gasteiger partial charge is 0.338 e. The number of hydrogen-bond donors (Lipinski definition) is 0. The Bertz CT molecular complexity index is 617. The molecule has 0 fully saturated rings. The second-order valence-corrected chi connectivity index (χ2v) is 5.22. The zero-order valence-electron chi connectivity index (χ0n) is 12.1. The van der Waals surface area contributed by atoms with Crippen LogP contribution in [0.25, 0.3) is 0 Å². The van der Waals surface area contributed by atoms with Crippen LogP contribution in [0, 0.1) is 16.7 Å². The average molecular weight is 287 g/mol. The molecule has 1 aliphatic rings. The van der Waals surface area contributed by atoms with Gasteiger partial charge in [0.1, 0.15) is 0 Å². The Morgan fingerprint density at radius 3 is 2.71 bits per heavy atom. The summed E-state index contributed by atoms with van der Waals surface area (Å²) >= 11 is 0. The minimum Gasteiger partial charge on any atom is -0.469 e. The molecule has 5 nitrogen and oxygen atoms in total. The topological polar surface area (TPSA) is 76.4 Å². The number of fused-ring (bicyclic) bond motifs is 1. The first-order chi connectivity index (χ1) is 10.1. The highest BCUT2D eigenvalue weighted by Gasteiger charge is 2.43. The maximum Gasteiger partial charge on any atom is 0.338 e. The summed E-state index contributed by atoms with van der Waals surface area (Å²) in [6, 6.07) is 7.50. The summed E-state index contributed by atoms with van der Waals surface area (Å²) in [6.07, 6.45) is 1.59. The summed E-state index contributed by atoms with van der Waals surface area (Å²) in [4.78, 5) is 24.0. The number of rotatable bonds is 3. The first-order valence-corrected chi connectivity index (χ1v) is 6.72. The maximum absolute atomic E-state index is 12.1. The lowest BCUT2D eigenvalue weighted by Crippen LogP contribution is -2.38. The van der Waals surface area contributed by atoms with Crippen LogP contribution in [0.4, 0.5) is 0 Å². The van der Waals surface area contributed by atoms with E-state index in [9.17, 15) is 9.59 Å². The van der Waals surface area contributed by atoms with Gasteiger partial charge in [0.05, 0.1) is 37.7 Å². The molecule has 1 aromatic rings. The molecule has 0 aliphatic heterocycles. The number of esters is 2. The van der Waals surface area contributed by atoms with Crippen molar-refractivity contribution in [3.05, 3.63) is 34.9 Å². The molecule has 0 radical (unpaired) electrons. The van der Waals surface area contributed by atoms with Crippen molar-refractivity contribution >= 4 is 11.9 Å². The number of methoxy groups -OCH3 is 2. The third kappa shape index (κ3) is 2.62. The number of nitrogens with zero attached hydrogens (tertiary/aromatic N) is 1. The first kappa shape index (κ1) is 15.0. The largest absolute Gasteiger partial charge is 0.469 e. The van der Waals surface area contributed by atoms with Crippen LogP contribution >= 0.6 is 0 Å². The Hall–Kier alpha value is -2.35. The number of hydrogen-bond acceptors (Lipinski definition) is 5. The van der Waals surface area contributed by atoms with Crippen LogP contribution in [-0.4, -0.2) is 26.2 Å². The predicted octanol–water partition coefficient (Wildman–Crippen LogP) is 2.03. The standard InChI is InChI=1S/C16H17NO4/c1-20-14(18)12-5-3-4-11-6-7-16(8-9-17,10-13(11)12)15(19)21-2/h3-5H,6-8,10H2,1-2H3. The zero-order valence-corrected chi connectivity index (χ0v) is 12.1. The van der Waals surface area contributed by atoms with Gasteiger partial charge in [-0.2, -0.15) is 5.26 Å². The normalized spacial score (nSPS) is 20.0. The molecule has 0 saturated heterocycles.